The number of rotatable bonds is 9. The van der Waals surface area contributed by atoms with Gasteiger partial charge in [-0.1, -0.05) is 12.1 Å². The zero-order valence-electron chi connectivity index (χ0n) is 15.4. The Balaban J connectivity index is 1.42. The maximum absolute atomic E-state index is 12.2. The number of aromatic nitrogens is 2. The first-order chi connectivity index (χ1) is 12.6. The monoisotopic (exact) mass is 387 g/mol. The molecule has 0 N–H and O–H groups in total. The van der Waals surface area contributed by atoms with Gasteiger partial charge in [-0.15, -0.1) is 0 Å². The summed E-state index contributed by atoms with van der Waals surface area (Å²) in [7, 11) is -3.16. The highest BCUT2D eigenvalue weighted by atomic mass is 32.2. The Kier molecular flexibility index (Phi) is 7.02. The normalized spacial score (nSPS) is 22.9. The summed E-state index contributed by atoms with van der Waals surface area (Å²) in [5.41, 5.74) is 0. The molecule has 2 aliphatic rings. The molecule has 8 nitrogen and oxygen atoms in total. The highest BCUT2D eigenvalue weighted by Gasteiger charge is 2.34. The third-order valence-electron chi connectivity index (χ3n) is 5.00. The predicted molar refractivity (Wildman–Crippen MR) is 95.4 cm³/mol. The van der Waals surface area contributed by atoms with Crippen LogP contribution in [0.3, 0.4) is 0 Å². The Morgan fingerprint density at radius 2 is 2.08 bits per heavy atom. The summed E-state index contributed by atoms with van der Waals surface area (Å²) in [6.07, 6.45) is 4.08. The fourth-order valence-corrected chi connectivity index (χ4v) is 5.00. The molecule has 2 saturated heterocycles. The van der Waals surface area contributed by atoms with Crippen molar-refractivity contribution in [3.8, 4) is 0 Å². The average Bonchev–Trinajstić information content (AvgIpc) is 3.29. The molecular weight excluding hydrogens is 358 g/mol. The highest BCUT2D eigenvalue weighted by molar-refractivity contribution is 7.89. The van der Waals surface area contributed by atoms with Gasteiger partial charge in [0.2, 0.25) is 15.9 Å². The molecule has 0 radical (unpaired) electrons. The molecule has 0 aromatic carbocycles. The molecule has 0 spiro atoms. The maximum atomic E-state index is 12.2. The summed E-state index contributed by atoms with van der Waals surface area (Å²) in [5.74, 6) is 1.94. The van der Waals surface area contributed by atoms with Crippen molar-refractivity contribution in [1.82, 2.24) is 14.4 Å². The van der Waals surface area contributed by atoms with Crippen molar-refractivity contribution in [2.24, 2.45) is 5.92 Å². The molecule has 1 unspecified atom stereocenters. The van der Waals surface area contributed by atoms with Gasteiger partial charge in [-0.25, -0.2) is 12.7 Å². The molecule has 2 aliphatic heterocycles. The van der Waals surface area contributed by atoms with E-state index in [2.05, 4.69) is 10.1 Å². The van der Waals surface area contributed by atoms with Crippen molar-refractivity contribution in [3.63, 3.8) is 0 Å². The Labute approximate surface area is 155 Å². The topological polar surface area (TPSA) is 94.8 Å². The standard InChI is InChI=1S/C17H29N3O5S/c1-2-11-26(21,22)20-7-3-15(12-20)17-18-16(19-25-17)6-10-24-13-14-4-8-23-9-5-14/h14-15H,2-13H2,1H3. The quantitative estimate of drug-likeness (QED) is 0.594. The molecule has 3 rings (SSSR count). The lowest BCUT2D eigenvalue weighted by molar-refractivity contribution is 0.0211. The molecule has 26 heavy (non-hydrogen) atoms. The van der Waals surface area contributed by atoms with E-state index in [9.17, 15) is 8.42 Å². The van der Waals surface area contributed by atoms with Crippen molar-refractivity contribution >= 4 is 10.0 Å². The summed E-state index contributed by atoms with van der Waals surface area (Å²) >= 11 is 0. The van der Waals surface area contributed by atoms with Gasteiger partial charge in [0.1, 0.15) is 0 Å². The van der Waals surface area contributed by atoms with Gasteiger partial charge in [0, 0.05) is 39.3 Å². The molecule has 1 aromatic rings. The van der Waals surface area contributed by atoms with Gasteiger partial charge >= 0.3 is 0 Å². The fourth-order valence-electron chi connectivity index (χ4n) is 3.43. The second-order valence-corrected chi connectivity index (χ2v) is 9.18. The first kappa shape index (κ1) is 19.7. The lowest BCUT2D eigenvalue weighted by Crippen LogP contribution is -2.30. The second-order valence-electron chi connectivity index (χ2n) is 7.09. The van der Waals surface area contributed by atoms with Crippen molar-refractivity contribution in [1.29, 1.82) is 0 Å². The van der Waals surface area contributed by atoms with Gasteiger partial charge in [-0.2, -0.15) is 4.98 Å². The van der Waals surface area contributed by atoms with Gasteiger partial charge in [0.15, 0.2) is 5.82 Å². The molecule has 0 bridgehead atoms. The van der Waals surface area contributed by atoms with E-state index in [4.69, 9.17) is 14.0 Å². The van der Waals surface area contributed by atoms with Crippen LogP contribution in [0.4, 0.5) is 0 Å². The summed E-state index contributed by atoms with van der Waals surface area (Å²) in [4.78, 5) is 4.44. The van der Waals surface area contributed by atoms with Gasteiger partial charge < -0.3 is 14.0 Å². The Hall–Kier alpha value is -1.03. The highest BCUT2D eigenvalue weighted by Crippen LogP contribution is 2.28. The van der Waals surface area contributed by atoms with E-state index in [1.165, 1.54) is 0 Å². The van der Waals surface area contributed by atoms with Crippen molar-refractivity contribution in [3.05, 3.63) is 11.7 Å². The van der Waals surface area contributed by atoms with Crippen LogP contribution in [-0.4, -0.2) is 68.1 Å². The van der Waals surface area contributed by atoms with Crippen LogP contribution in [0.2, 0.25) is 0 Å². The van der Waals surface area contributed by atoms with Crippen LogP contribution in [0.5, 0.6) is 0 Å². The van der Waals surface area contributed by atoms with Crippen LogP contribution in [0, 0.1) is 5.92 Å². The molecule has 148 valence electrons. The van der Waals surface area contributed by atoms with E-state index < -0.39 is 10.0 Å². The number of ether oxygens (including phenoxy) is 2. The Morgan fingerprint density at radius 3 is 2.85 bits per heavy atom. The predicted octanol–water partition coefficient (Wildman–Crippen LogP) is 1.58. The van der Waals surface area contributed by atoms with Gasteiger partial charge in [0.05, 0.1) is 18.3 Å². The van der Waals surface area contributed by atoms with Gasteiger partial charge in [0.25, 0.3) is 0 Å². The summed E-state index contributed by atoms with van der Waals surface area (Å²) in [6.45, 7) is 5.81. The summed E-state index contributed by atoms with van der Waals surface area (Å²) < 4.78 is 42.3. The zero-order valence-corrected chi connectivity index (χ0v) is 16.2. The first-order valence-corrected chi connectivity index (χ1v) is 11.1. The zero-order chi connectivity index (χ0) is 18.4. The molecule has 1 aromatic heterocycles. The molecule has 0 amide bonds. The number of hydrogen-bond acceptors (Lipinski definition) is 7. The summed E-state index contributed by atoms with van der Waals surface area (Å²) in [5, 5.41) is 4.01. The van der Waals surface area contributed by atoms with Crippen LogP contribution in [0.25, 0.3) is 0 Å². The molecule has 1 atom stereocenters. The second kappa shape index (κ2) is 9.25. The minimum atomic E-state index is -3.16. The molecule has 2 fully saturated rings. The molecule has 3 heterocycles. The van der Waals surface area contributed by atoms with Crippen LogP contribution in [0.1, 0.15) is 50.2 Å². The lowest BCUT2D eigenvalue weighted by atomic mass is 10.0. The molecule has 0 aliphatic carbocycles. The van der Waals surface area contributed by atoms with Gasteiger partial charge in [-0.3, -0.25) is 0 Å². The van der Waals surface area contributed by atoms with E-state index in [1.54, 1.807) is 4.31 Å². The summed E-state index contributed by atoms with van der Waals surface area (Å²) in [6, 6.07) is 0. The van der Waals surface area contributed by atoms with E-state index in [0.717, 1.165) is 39.1 Å². The van der Waals surface area contributed by atoms with Gasteiger partial charge in [-0.05, 0) is 31.6 Å². The largest absolute Gasteiger partial charge is 0.381 e. The molecule has 9 heteroatoms. The number of nitrogens with zero attached hydrogens (tertiary/aromatic N) is 3. The average molecular weight is 388 g/mol. The van der Waals surface area contributed by atoms with Crippen molar-refractivity contribution < 1.29 is 22.4 Å². The SMILES string of the molecule is CCCS(=O)(=O)N1CCC(c2nc(CCOCC3CCOCC3)no2)C1. The fraction of sp³-hybridized carbons (Fsp3) is 0.882. The van der Waals surface area contributed by atoms with E-state index in [1.807, 2.05) is 6.92 Å². The van der Waals surface area contributed by atoms with Crippen molar-refractivity contribution in [2.75, 3.05) is 45.3 Å². The maximum Gasteiger partial charge on any atom is 0.231 e. The lowest BCUT2D eigenvalue weighted by Gasteiger charge is -2.21. The van der Waals surface area contributed by atoms with Crippen LogP contribution < -0.4 is 0 Å². The van der Waals surface area contributed by atoms with E-state index in [0.29, 0.717) is 50.2 Å². The van der Waals surface area contributed by atoms with E-state index in [-0.39, 0.29) is 11.7 Å². The smallest absolute Gasteiger partial charge is 0.231 e. The minimum absolute atomic E-state index is 0.00830. The van der Waals surface area contributed by atoms with Crippen LogP contribution in [-0.2, 0) is 25.9 Å². The number of hydrogen-bond donors (Lipinski definition) is 0. The van der Waals surface area contributed by atoms with Crippen LogP contribution >= 0.6 is 0 Å². The van der Waals surface area contributed by atoms with Crippen LogP contribution in [0.15, 0.2) is 4.52 Å². The minimum Gasteiger partial charge on any atom is -0.381 e. The van der Waals surface area contributed by atoms with E-state index >= 15 is 0 Å². The third kappa shape index (κ3) is 5.25. The Bertz CT molecular complexity index is 657. The van der Waals surface area contributed by atoms with Crippen molar-refractivity contribution in [2.45, 2.75) is 44.9 Å². The molecule has 0 saturated carbocycles. The Morgan fingerprint density at radius 1 is 1.27 bits per heavy atom. The molecular formula is C17H29N3O5S. The third-order valence-corrected chi connectivity index (χ3v) is 7.05. The number of sulfonamides is 1. The first-order valence-electron chi connectivity index (χ1n) is 9.54.